The maximum atomic E-state index is 13.6. The van der Waals surface area contributed by atoms with Crippen LogP contribution in [0.15, 0.2) is 59.4 Å². The van der Waals surface area contributed by atoms with Crippen molar-refractivity contribution >= 4 is 23.4 Å². The van der Waals surface area contributed by atoms with Gasteiger partial charge in [-0.1, -0.05) is 18.2 Å². The van der Waals surface area contributed by atoms with Gasteiger partial charge in [-0.3, -0.25) is 14.7 Å². The molecule has 0 spiro atoms. The number of nitriles is 1. The standard InChI is InChI=1S/C24H28N6OS/c1-29(2)20-7-5-18(6-8-20)24(19-4-3-9-27-17-19)21(16-25)22(28-23(24)31)32-15-14-30-12-10-26-11-13-30/h3-9,17,26H,10-15H2,1-2H3,(H,28,31). The lowest BCUT2D eigenvalue weighted by Crippen LogP contribution is -2.44. The number of nitrogens with zero attached hydrogens (tertiary/aromatic N) is 4. The van der Waals surface area contributed by atoms with Gasteiger partial charge in [0.1, 0.15) is 5.41 Å². The third-order valence-electron chi connectivity index (χ3n) is 6.06. The SMILES string of the molecule is CN(C)c1ccc(C2(c3cccnc3)C(=O)NC(SCCN3CCNCC3)=C2C#N)cc1. The fourth-order valence-electron chi connectivity index (χ4n) is 4.31. The summed E-state index contributed by atoms with van der Waals surface area (Å²) < 4.78 is 0. The van der Waals surface area contributed by atoms with Gasteiger partial charge in [0.2, 0.25) is 5.91 Å². The molecule has 0 aliphatic carbocycles. The highest BCUT2D eigenvalue weighted by molar-refractivity contribution is 8.03. The summed E-state index contributed by atoms with van der Waals surface area (Å²) in [7, 11) is 3.95. The summed E-state index contributed by atoms with van der Waals surface area (Å²) in [4.78, 5) is 22.3. The molecular formula is C24H28N6OS. The Morgan fingerprint density at radius 2 is 1.94 bits per heavy atom. The Labute approximate surface area is 193 Å². The van der Waals surface area contributed by atoms with Crippen LogP contribution in [0.25, 0.3) is 0 Å². The smallest absolute Gasteiger partial charge is 0.245 e. The molecule has 7 nitrogen and oxygen atoms in total. The summed E-state index contributed by atoms with van der Waals surface area (Å²) in [5, 5.41) is 17.3. The van der Waals surface area contributed by atoms with Gasteiger partial charge in [-0.25, -0.2) is 0 Å². The highest BCUT2D eigenvalue weighted by Crippen LogP contribution is 2.46. The van der Waals surface area contributed by atoms with E-state index < -0.39 is 5.41 Å². The maximum absolute atomic E-state index is 13.6. The first-order valence-electron chi connectivity index (χ1n) is 10.8. The molecule has 1 aromatic carbocycles. The topological polar surface area (TPSA) is 84.3 Å². The molecule has 8 heteroatoms. The van der Waals surface area contributed by atoms with E-state index in [0.717, 1.165) is 49.7 Å². The van der Waals surface area contributed by atoms with Gasteiger partial charge in [-0.15, -0.1) is 11.8 Å². The minimum Gasteiger partial charge on any atom is -0.378 e. The number of anilines is 1. The molecular weight excluding hydrogens is 420 g/mol. The summed E-state index contributed by atoms with van der Waals surface area (Å²) in [5.41, 5.74) is 1.73. The highest BCUT2D eigenvalue weighted by Gasteiger charge is 2.52. The van der Waals surface area contributed by atoms with Gasteiger partial charge in [0.25, 0.3) is 0 Å². The quantitative estimate of drug-likeness (QED) is 0.670. The fraction of sp³-hybridized carbons (Fsp3) is 0.375. The molecule has 0 radical (unpaired) electrons. The Hall–Kier alpha value is -2.86. The molecule has 2 N–H and O–H groups in total. The highest BCUT2D eigenvalue weighted by atomic mass is 32.2. The largest absolute Gasteiger partial charge is 0.378 e. The van der Waals surface area contributed by atoms with Gasteiger partial charge in [-0.2, -0.15) is 5.26 Å². The third kappa shape index (κ3) is 4.11. The number of nitrogens with one attached hydrogen (secondary N) is 2. The van der Waals surface area contributed by atoms with Crippen molar-refractivity contribution in [2.45, 2.75) is 5.41 Å². The number of amides is 1. The lowest BCUT2D eigenvalue weighted by Gasteiger charge is -2.28. The Morgan fingerprint density at radius 1 is 1.19 bits per heavy atom. The second kappa shape index (κ2) is 9.74. The molecule has 1 amide bonds. The number of pyridine rings is 1. The third-order valence-corrected chi connectivity index (χ3v) is 7.04. The van der Waals surface area contributed by atoms with Gasteiger partial charge in [0, 0.05) is 70.7 Å². The second-order valence-electron chi connectivity index (χ2n) is 8.14. The van der Waals surface area contributed by atoms with Crippen molar-refractivity contribution in [1.29, 1.82) is 5.26 Å². The number of hydrogen-bond donors (Lipinski definition) is 2. The first-order valence-corrected chi connectivity index (χ1v) is 11.8. The van der Waals surface area contributed by atoms with Crippen LogP contribution in [0, 0.1) is 11.3 Å². The number of hydrogen-bond acceptors (Lipinski definition) is 7. The molecule has 2 aliphatic rings. The van der Waals surface area contributed by atoms with E-state index in [4.69, 9.17) is 0 Å². The average Bonchev–Trinajstić information content (AvgIpc) is 3.12. The zero-order valence-corrected chi connectivity index (χ0v) is 19.3. The monoisotopic (exact) mass is 448 g/mol. The maximum Gasteiger partial charge on any atom is 0.245 e. The fourth-order valence-corrected chi connectivity index (χ4v) is 5.37. The van der Waals surface area contributed by atoms with Gasteiger partial charge < -0.3 is 15.5 Å². The van der Waals surface area contributed by atoms with Crippen molar-refractivity contribution in [1.82, 2.24) is 20.5 Å². The van der Waals surface area contributed by atoms with Gasteiger partial charge in [0.15, 0.2) is 0 Å². The van der Waals surface area contributed by atoms with Crippen molar-refractivity contribution in [3.63, 3.8) is 0 Å². The molecule has 2 aliphatic heterocycles. The van der Waals surface area contributed by atoms with E-state index in [-0.39, 0.29) is 5.91 Å². The van der Waals surface area contributed by atoms with Crippen LogP contribution >= 0.6 is 11.8 Å². The van der Waals surface area contributed by atoms with Gasteiger partial charge >= 0.3 is 0 Å². The van der Waals surface area contributed by atoms with Crippen LogP contribution < -0.4 is 15.5 Å². The minimum atomic E-state index is -1.20. The lowest BCUT2D eigenvalue weighted by molar-refractivity contribution is -0.122. The number of thioether (sulfide) groups is 1. The van der Waals surface area contributed by atoms with E-state index >= 15 is 0 Å². The van der Waals surface area contributed by atoms with Gasteiger partial charge in [0.05, 0.1) is 16.7 Å². The van der Waals surface area contributed by atoms with Gasteiger partial charge in [-0.05, 0) is 29.3 Å². The van der Waals surface area contributed by atoms with Crippen molar-refractivity contribution in [3.8, 4) is 6.07 Å². The number of rotatable bonds is 7. The van der Waals surface area contributed by atoms with Crippen LogP contribution in [0.4, 0.5) is 5.69 Å². The molecule has 0 saturated carbocycles. The summed E-state index contributed by atoms with van der Waals surface area (Å²) in [6.45, 7) is 4.97. The minimum absolute atomic E-state index is 0.204. The van der Waals surface area contributed by atoms with E-state index in [1.807, 2.05) is 55.4 Å². The van der Waals surface area contributed by atoms with Crippen LogP contribution in [0.3, 0.4) is 0 Å². The molecule has 3 heterocycles. The first kappa shape index (κ1) is 22.3. The van der Waals surface area contributed by atoms with Crippen molar-refractivity contribution in [3.05, 3.63) is 70.5 Å². The zero-order valence-electron chi connectivity index (χ0n) is 18.5. The summed E-state index contributed by atoms with van der Waals surface area (Å²) in [6, 6.07) is 13.9. The second-order valence-corrected chi connectivity index (χ2v) is 9.25. The number of carbonyl (C=O) groups excluding carboxylic acids is 1. The molecule has 1 aromatic heterocycles. The van der Waals surface area contributed by atoms with E-state index in [1.54, 1.807) is 24.2 Å². The molecule has 32 heavy (non-hydrogen) atoms. The molecule has 1 atom stereocenters. The lowest BCUT2D eigenvalue weighted by atomic mass is 9.70. The normalized spacial score (nSPS) is 21.3. The van der Waals surface area contributed by atoms with Crippen LogP contribution in [0.1, 0.15) is 11.1 Å². The summed E-state index contributed by atoms with van der Waals surface area (Å²) >= 11 is 1.55. The molecule has 0 bridgehead atoms. The van der Waals surface area contributed by atoms with Crippen molar-refractivity contribution < 1.29 is 4.79 Å². The van der Waals surface area contributed by atoms with Crippen LogP contribution in [-0.2, 0) is 10.2 Å². The first-order chi connectivity index (χ1) is 15.6. The Balaban J connectivity index is 1.71. The molecule has 4 rings (SSSR count). The van der Waals surface area contributed by atoms with Crippen LogP contribution in [0.5, 0.6) is 0 Å². The molecule has 1 fully saturated rings. The zero-order chi connectivity index (χ0) is 22.6. The molecule has 2 aromatic rings. The predicted octanol–water partition coefficient (Wildman–Crippen LogP) is 1.94. The van der Waals surface area contributed by atoms with Crippen LogP contribution in [0.2, 0.25) is 0 Å². The number of piperazine rings is 1. The summed E-state index contributed by atoms with van der Waals surface area (Å²) in [6.07, 6.45) is 3.36. The Bertz CT molecular complexity index is 1020. The summed E-state index contributed by atoms with van der Waals surface area (Å²) in [5.74, 6) is 0.605. The average molecular weight is 449 g/mol. The number of benzene rings is 1. The van der Waals surface area contributed by atoms with E-state index in [9.17, 15) is 10.1 Å². The van der Waals surface area contributed by atoms with E-state index in [1.165, 1.54) is 0 Å². The van der Waals surface area contributed by atoms with Crippen LogP contribution in [-0.4, -0.2) is 68.4 Å². The predicted molar refractivity (Wildman–Crippen MR) is 128 cm³/mol. The van der Waals surface area contributed by atoms with E-state index in [0.29, 0.717) is 16.2 Å². The number of carbonyl (C=O) groups is 1. The molecule has 1 saturated heterocycles. The number of aromatic nitrogens is 1. The van der Waals surface area contributed by atoms with E-state index in [2.05, 4.69) is 26.6 Å². The molecule has 1 unspecified atom stereocenters. The van der Waals surface area contributed by atoms with Crippen molar-refractivity contribution in [2.75, 3.05) is 57.5 Å². The molecule has 166 valence electrons. The Kier molecular flexibility index (Phi) is 6.80. The van der Waals surface area contributed by atoms with Crippen molar-refractivity contribution in [2.24, 2.45) is 0 Å². The Morgan fingerprint density at radius 3 is 2.56 bits per heavy atom.